The Morgan fingerprint density at radius 2 is 1.56 bits per heavy atom. The van der Waals surface area contributed by atoms with Crippen LogP contribution in [0.25, 0.3) is 0 Å². The number of carbonyl (C=O) groups is 2. The third-order valence-corrected chi connectivity index (χ3v) is 3.51. The average Bonchev–Trinajstić information content (AvgIpc) is 2.56. The van der Waals surface area contributed by atoms with Gasteiger partial charge in [-0.3, -0.25) is 9.59 Å². The number of amides is 2. The quantitative estimate of drug-likeness (QED) is 0.717. The molecule has 2 rings (SSSR count). The first-order valence-electron chi connectivity index (χ1n) is 8.33. The number of hydrogen-bond donors (Lipinski definition) is 3. The Labute approximate surface area is 148 Å². The van der Waals surface area contributed by atoms with Gasteiger partial charge in [0.25, 0.3) is 5.91 Å². The zero-order valence-corrected chi connectivity index (χ0v) is 14.8. The number of aromatic nitrogens is 1. The van der Waals surface area contributed by atoms with E-state index in [4.69, 9.17) is 0 Å². The maximum Gasteiger partial charge on any atom is 0.274 e. The number of rotatable bonds is 7. The van der Waals surface area contributed by atoms with Gasteiger partial charge in [-0.25, -0.2) is 4.98 Å². The Bertz CT molecular complexity index is 709. The van der Waals surface area contributed by atoms with Crippen LogP contribution in [-0.2, 0) is 4.79 Å². The fourth-order valence-corrected chi connectivity index (χ4v) is 2.17. The third-order valence-electron chi connectivity index (χ3n) is 3.51. The van der Waals surface area contributed by atoms with Crippen molar-refractivity contribution in [2.75, 3.05) is 22.5 Å². The molecule has 0 atom stereocenters. The summed E-state index contributed by atoms with van der Waals surface area (Å²) in [5.41, 5.74) is 2.57. The molecule has 0 saturated heterocycles. The lowest BCUT2D eigenvalue weighted by Gasteiger charge is -2.09. The predicted octanol–water partition coefficient (Wildman–Crippen LogP) is 3.75. The van der Waals surface area contributed by atoms with Crippen molar-refractivity contribution in [3.63, 3.8) is 0 Å². The van der Waals surface area contributed by atoms with Crippen molar-refractivity contribution in [1.82, 2.24) is 4.98 Å². The van der Waals surface area contributed by atoms with Gasteiger partial charge in [0, 0.05) is 24.8 Å². The molecule has 0 saturated carbocycles. The summed E-state index contributed by atoms with van der Waals surface area (Å²) in [4.78, 5) is 27.4. The Morgan fingerprint density at radius 1 is 0.960 bits per heavy atom. The zero-order valence-electron chi connectivity index (χ0n) is 14.8. The molecule has 3 N–H and O–H groups in total. The van der Waals surface area contributed by atoms with E-state index < -0.39 is 0 Å². The Morgan fingerprint density at radius 3 is 2.08 bits per heavy atom. The SMILES string of the molecule is CC(=O)Nc1ccc(NC(=O)c2ccc(NCCC(C)C)cn2)cc1. The molecule has 0 bridgehead atoms. The van der Waals surface area contributed by atoms with Crippen molar-refractivity contribution in [3.8, 4) is 0 Å². The topological polar surface area (TPSA) is 83.1 Å². The Kier molecular flexibility index (Phi) is 6.51. The normalized spacial score (nSPS) is 10.4. The Balaban J connectivity index is 1.90. The Hall–Kier alpha value is -2.89. The summed E-state index contributed by atoms with van der Waals surface area (Å²) in [6.45, 7) is 6.68. The van der Waals surface area contributed by atoms with E-state index in [1.54, 1.807) is 36.5 Å². The highest BCUT2D eigenvalue weighted by Gasteiger charge is 2.08. The first-order valence-corrected chi connectivity index (χ1v) is 8.33. The van der Waals surface area contributed by atoms with Crippen LogP contribution in [0.3, 0.4) is 0 Å². The van der Waals surface area contributed by atoms with E-state index in [9.17, 15) is 9.59 Å². The first kappa shape index (κ1) is 18.4. The number of nitrogens with zero attached hydrogens (tertiary/aromatic N) is 1. The average molecular weight is 340 g/mol. The van der Waals surface area contributed by atoms with Crippen LogP contribution in [0.4, 0.5) is 17.1 Å². The predicted molar refractivity (Wildman–Crippen MR) is 101 cm³/mol. The minimum Gasteiger partial charge on any atom is -0.384 e. The summed E-state index contributed by atoms with van der Waals surface area (Å²) in [5.74, 6) is 0.228. The highest BCUT2D eigenvalue weighted by molar-refractivity contribution is 6.03. The molecule has 0 unspecified atom stereocenters. The lowest BCUT2D eigenvalue weighted by atomic mass is 10.1. The van der Waals surface area contributed by atoms with Gasteiger partial charge in [-0.05, 0) is 48.7 Å². The van der Waals surface area contributed by atoms with Crippen LogP contribution in [0.1, 0.15) is 37.7 Å². The summed E-state index contributed by atoms with van der Waals surface area (Å²) in [6, 6.07) is 10.5. The van der Waals surface area contributed by atoms with Gasteiger partial charge < -0.3 is 16.0 Å². The monoisotopic (exact) mass is 340 g/mol. The van der Waals surface area contributed by atoms with Crippen LogP contribution in [0.15, 0.2) is 42.6 Å². The van der Waals surface area contributed by atoms with Gasteiger partial charge in [0.05, 0.1) is 11.9 Å². The van der Waals surface area contributed by atoms with E-state index in [1.807, 2.05) is 6.07 Å². The second kappa shape index (κ2) is 8.82. The molecule has 6 nitrogen and oxygen atoms in total. The second-order valence-electron chi connectivity index (χ2n) is 6.25. The molecule has 2 aromatic rings. The van der Waals surface area contributed by atoms with E-state index >= 15 is 0 Å². The van der Waals surface area contributed by atoms with E-state index in [0.29, 0.717) is 23.0 Å². The lowest BCUT2D eigenvalue weighted by molar-refractivity contribution is -0.114. The van der Waals surface area contributed by atoms with Crippen LogP contribution in [0.2, 0.25) is 0 Å². The maximum absolute atomic E-state index is 12.2. The number of anilines is 3. The molecule has 0 aliphatic rings. The van der Waals surface area contributed by atoms with E-state index in [-0.39, 0.29) is 11.8 Å². The molecule has 25 heavy (non-hydrogen) atoms. The number of hydrogen-bond acceptors (Lipinski definition) is 4. The van der Waals surface area contributed by atoms with Crippen molar-refractivity contribution in [1.29, 1.82) is 0 Å². The van der Waals surface area contributed by atoms with Crippen molar-refractivity contribution in [2.24, 2.45) is 5.92 Å². The van der Waals surface area contributed by atoms with Crippen LogP contribution < -0.4 is 16.0 Å². The molecule has 1 aromatic heterocycles. The van der Waals surface area contributed by atoms with E-state index in [2.05, 4.69) is 34.8 Å². The molecule has 2 amide bonds. The molecule has 0 radical (unpaired) electrons. The molecule has 132 valence electrons. The van der Waals surface area contributed by atoms with Crippen molar-refractivity contribution >= 4 is 28.9 Å². The molecule has 0 spiro atoms. The molecule has 0 aliphatic heterocycles. The van der Waals surface area contributed by atoms with Crippen molar-refractivity contribution < 1.29 is 9.59 Å². The minimum atomic E-state index is -0.277. The van der Waals surface area contributed by atoms with Crippen LogP contribution in [0, 0.1) is 5.92 Å². The molecular weight excluding hydrogens is 316 g/mol. The zero-order chi connectivity index (χ0) is 18.2. The second-order valence-corrected chi connectivity index (χ2v) is 6.25. The summed E-state index contributed by atoms with van der Waals surface area (Å²) in [6.07, 6.45) is 2.74. The lowest BCUT2D eigenvalue weighted by Crippen LogP contribution is -2.14. The van der Waals surface area contributed by atoms with Crippen LogP contribution in [0.5, 0.6) is 0 Å². The summed E-state index contributed by atoms with van der Waals surface area (Å²) < 4.78 is 0. The van der Waals surface area contributed by atoms with Gasteiger partial charge in [0.15, 0.2) is 0 Å². The fraction of sp³-hybridized carbons (Fsp3) is 0.316. The third kappa shape index (κ3) is 6.25. The van der Waals surface area contributed by atoms with Gasteiger partial charge in [-0.15, -0.1) is 0 Å². The molecule has 1 heterocycles. The van der Waals surface area contributed by atoms with Gasteiger partial charge >= 0.3 is 0 Å². The summed E-state index contributed by atoms with van der Waals surface area (Å²) in [5, 5.41) is 8.74. The number of nitrogens with one attached hydrogen (secondary N) is 3. The fourth-order valence-electron chi connectivity index (χ4n) is 2.17. The highest BCUT2D eigenvalue weighted by Crippen LogP contribution is 2.15. The number of benzene rings is 1. The van der Waals surface area contributed by atoms with E-state index in [0.717, 1.165) is 18.7 Å². The maximum atomic E-state index is 12.2. The first-order chi connectivity index (χ1) is 11.9. The van der Waals surface area contributed by atoms with Gasteiger partial charge in [0.2, 0.25) is 5.91 Å². The van der Waals surface area contributed by atoms with E-state index in [1.165, 1.54) is 6.92 Å². The van der Waals surface area contributed by atoms with Crippen molar-refractivity contribution in [2.45, 2.75) is 27.2 Å². The molecule has 0 aliphatic carbocycles. The van der Waals surface area contributed by atoms with Crippen LogP contribution in [-0.4, -0.2) is 23.3 Å². The van der Waals surface area contributed by atoms with Gasteiger partial charge in [-0.2, -0.15) is 0 Å². The molecule has 0 fully saturated rings. The van der Waals surface area contributed by atoms with Gasteiger partial charge in [-0.1, -0.05) is 13.8 Å². The highest BCUT2D eigenvalue weighted by atomic mass is 16.2. The smallest absolute Gasteiger partial charge is 0.274 e. The van der Waals surface area contributed by atoms with Crippen molar-refractivity contribution in [3.05, 3.63) is 48.3 Å². The summed E-state index contributed by atoms with van der Waals surface area (Å²) in [7, 11) is 0. The van der Waals surface area contributed by atoms with Gasteiger partial charge in [0.1, 0.15) is 5.69 Å². The standard InChI is InChI=1S/C19H24N4O2/c1-13(2)10-11-20-17-8-9-18(21-12-17)19(25)23-16-6-4-15(5-7-16)22-14(3)24/h4-9,12-13,20H,10-11H2,1-3H3,(H,22,24)(H,23,25). The number of pyridine rings is 1. The largest absolute Gasteiger partial charge is 0.384 e. The number of carbonyl (C=O) groups excluding carboxylic acids is 2. The molecular formula is C19H24N4O2. The molecule has 6 heteroatoms. The molecule has 1 aromatic carbocycles. The minimum absolute atomic E-state index is 0.136. The van der Waals surface area contributed by atoms with Crippen LogP contribution >= 0.6 is 0 Å². The summed E-state index contributed by atoms with van der Waals surface area (Å²) >= 11 is 0.